The van der Waals surface area contributed by atoms with E-state index in [1.54, 1.807) is 0 Å². The van der Waals surface area contributed by atoms with Gasteiger partial charge in [-0.25, -0.2) is 0 Å². The van der Waals surface area contributed by atoms with Gasteiger partial charge in [0.15, 0.2) is 0 Å². The third-order valence-electron chi connectivity index (χ3n) is 3.65. The second kappa shape index (κ2) is 5.67. The molecule has 94 valence electrons. The van der Waals surface area contributed by atoms with E-state index in [2.05, 4.69) is 33.0 Å². The predicted molar refractivity (Wildman–Crippen MR) is 66.9 cm³/mol. The number of hydrogen-bond donors (Lipinski definition) is 2. The molecule has 4 atom stereocenters. The molecule has 16 heavy (non-hydrogen) atoms. The quantitative estimate of drug-likeness (QED) is 0.769. The monoisotopic (exact) mass is 226 g/mol. The molecule has 1 rings (SSSR count). The lowest BCUT2D eigenvalue weighted by Crippen LogP contribution is -2.54. The summed E-state index contributed by atoms with van der Waals surface area (Å²) >= 11 is 0. The van der Waals surface area contributed by atoms with Crippen molar-refractivity contribution in [2.45, 2.75) is 59.0 Å². The van der Waals surface area contributed by atoms with Crippen LogP contribution in [0.3, 0.4) is 0 Å². The van der Waals surface area contributed by atoms with E-state index in [0.717, 1.165) is 19.3 Å². The van der Waals surface area contributed by atoms with Gasteiger partial charge >= 0.3 is 0 Å². The number of carbonyl (C=O) groups is 1. The third kappa shape index (κ3) is 3.48. The van der Waals surface area contributed by atoms with Crippen LogP contribution in [-0.2, 0) is 4.79 Å². The van der Waals surface area contributed by atoms with E-state index in [-0.39, 0.29) is 17.9 Å². The maximum atomic E-state index is 11.5. The first-order valence-corrected chi connectivity index (χ1v) is 6.47. The molecule has 0 aromatic rings. The van der Waals surface area contributed by atoms with Crippen LogP contribution in [0.2, 0.25) is 0 Å². The van der Waals surface area contributed by atoms with Crippen LogP contribution in [0.25, 0.3) is 0 Å². The fourth-order valence-corrected chi connectivity index (χ4v) is 2.89. The summed E-state index contributed by atoms with van der Waals surface area (Å²) in [5.74, 6) is 0.962. The highest BCUT2D eigenvalue weighted by Gasteiger charge is 2.36. The summed E-state index contributed by atoms with van der Waals surface area (Å²) in [6.07, 6.45) is 3.26. The number of carbonyl (C=O) groups excluding carboxylic acids is 1. The van der Waals surface area contributed by atoms with Gasteiger partial charge in [-0.05, 0) is 38.0 Å². The number of primary amides is 1. The Morgan fingerprint density at radius 1 is 1.44 bits per heavy atom. The number of rotatable bonds is 4. The fourth-order valence-electron chi connectivity index (χ4n) is 2.89. The molecular weight excluding hydrogens is 200 g/mol. The molecule has 0 radical (unpaired) electrons. The van der Waals surface area contributed by atoms with E-state index in [4.69, 9.17) is 5.73 Å². The van der Waals surface area contributed by atoms with Crippen LogP contribution in [0.15, 0.2) is 0 Å². The molecule has 0 saturated carbocycles. The molecule has 3 heteroatoms. The molecular formula is C13H26N2O. The van der Waals surface area contributed by atoms with Gasteiger partial charge in [0.25, 0.3) is 0 Å². The molecule has 1 amide bonds. The molecule has 1 fully saturated rings. The Balaban J connectivity index is 2.64. The Morgan fingerprint density at radius 3 is 2.56 bits per heavy atom. The Kier molecular flexibility index (Phi) is 4.78. The molecule has 0 aromatic heterocycles. The van der Waals surface area contributed by atoms with Gasteiger partial charge in [0, 0.05) is 12.1 Å². The van der Waals surface area contributed by atoms with E-state index >= 15 is 0 Å². The minimum atomic E-state index is -0.138. The number of nitrogens with two attached hydrogens (primary N) is 1. The average molecular weight is 226 g/mol. The second-order valence-corrected chi connectivity index (χ2v) is 5.79. The van der Waals surface area contributed by atoms with Crippen LogP contribution >= 0.6 is 0 Å². The molecule has 0 spiro atoms. The maximum absolute atomic E-state index is 11.5. The van der Waals surface area contributed by atoms with Gasteiger partial charge in [0.1, 0.15) is 0 Å². The van der Waals surface area contributed by atoms with Crippen molar-refractivity contribution in [2.75, 3.05) is 0 Å². The van der Waals surface area contributed by atoms with Crippen molar-refractivity contribution in [2.24, 2.45) is 23.5 Å². The van der Waals surface area contributed by atoms with E-state index in [1.165, 1.54) is 0 Å². The van der Waals surface area contributed by atoms with Crippen LogP contribution in [-0.4, -0.2) is 18.0 Å². The number of hydrogen-bond acceptors (Lipinski definition) is 2. The van der Waals surface area contributed by atoms with Gasteiger partial charge in [-0.1, -0.05) is 20.8 Å². The van der Waals surface area contributed by atoms with E-state index < -0.39 is 0 Å². The topological polar surface area (TPSA) is 55.1 Å². The van der Waals surface area contributed by atoms with Crippen molar-refractivity contribution in [3.63, 3.8) is 0 Å². The van der Waals surface area contributed by atoms with Gasteiger partial charge in [-0.3, -0.25) is 4.79 Å². The zero-order chi connectivity index (χ0) is 12.3. The number of nitrogens with one attached hydrogen (secondary N) is 1. The van der Waals surface area contributed by atoms with Gasteiger partial charge in [0.05, 0.1) is 5.92 Å². The predicted octanol–water partition coefficient (Wildman–Crippen LogP) is 1.91. The molecule has 3 N–H and O–H groups in total. The van der Waals surface area contributed by atoms with Crippen LogP contribution in [0, 0.1) is 17.8 Å². The largest absolute Gasteiger partial charge is 0.369 e. The lowest BCUT2D eigenvalue weighted by molar-refractivity contribution is -0.125. The lowest BCUT2D eigenvalue weighted by Gasteiger charge is -2.39. The molecule has 0 bridgehead atoms. The van der Waals surface area contributed by atoms with Crippen LogP contribution in [0.4, 0.5) is 0 Å². The average Bonchev–Trinajstić information content (AvgIpc) is 2.12. The van der Waals surface area contributed by atoms with Gasteiger partial charge < -0.3 is 11.1 Å². The summed E-state index contributed by atoms with van der Waals surface area (Å²) in [4.78, 5) is 11.5. The Morgan fingerprint density at radius 2 is 2.06 bits per heavy atom. The standard InChI is InChI=1S/C13H26N2O/c1-8(2)5-6-11-12(13(14)16)9(3)7-10(4)15-11/h8-12,15H,5-7H2,1-4H3,(H2,14,16). The smallest absolute Gasteiger partial charge is 0.222 e. The van der Waals surface area contributed by atoms with Crippen molar-refractivity contribution in [3.05, 3.63) is 0 Å². The summed E-state index contributed by atoms with van der Waals surface area (Å²) < 4.78 is 0. The van der Waals surface area contributed by atoms with Crippen LogP contribution in [0.1, 0.15) is 47.0 Å². The minimum Gasteiger partial charge on any atom is -0.369 e. The fraction of sp³-hybridized carbons (Fsp3) is 0.923. The first kappa shape index (κ1) is 13.5. The zero-order valence-corrected chi connectivity index (χ0v) is 11.0. The van der Waals surface area contributed by atoms with Gasteiger partial charge in [-0.2, -0.15) is 0 Å². The molecule has 3 nitrogen and oxygen atoms in total. The van der Waals surface area contributed by atoms with Crippen molar-refractivity contribution in [1.82, 2.24) is 5.32 Å². The SMILES string of the molecule is CC(C)CCC1NC(C)CC(C)C1C(N)=O. The molecule has 1 aliphatic rings. The molecule has 1 aliphatic heterocycles. The number of piperidine rings is 1. The number of amides is 1. The minimum absolute atomic E-state index is 0.00921. The maximum Gasteiger partial charge on any atom is 0.222 e. The van der Waals surface area contributed by atoms with Crippen molar-refractivity contribution in [3.8, 4) is 0 Å². The Labute approximate surface area is 99.2 Å². The van der Waals surface area contributed by atoms with Crippen molar-refractivity contribution in [1.29, 1.82) is 0 Å². The third-order valence-corrected chi connectivity index (χ3v) is 3.65. The summed E-state index contributed by atoms with van der Waals surface area (Å²) in [5.41, 5.74) is 5.52. The lowest BCUT2D eigenvalue weighted by atomic mass is 9.77. The molecule has 0 aliphatic carbocycles. The first-order valence-electron chi connectivity index (χ1n) is 6.47. The van der Waals surface area contributed by atoms with Crippen LogP contribution < -0.4 is 11.1 Å². The molecule has 4 unspecified atom stereocenters. The summed E-state index contributed by atoms with van der Waals surface area (Å²) in [6.45, 7) is 8.77. The Hall–Kier alpha value is -0.570. The van der Waals surface area contributed by atoms with Gasteiger partial charge in [-0.15, -0.1) is 0 Å². The van der Waals surface area contributed by atoms with Crippen molar-refractivity contribution < 1.29 is 4.79 Å². The highest BCUT2D eigenvalue weighted by molar-refractivity contribution is 5.77. The zero-order valence-electron chi connectivity index (χ0n) is 11.0. The highest BCUT2D eigenvalue weighted by Crippen LogP contribution is 2.29. The normalized spacial score (nSPS) is 35.3. The summed E-state index contributed by atoms with van der Waals surface area (Å²) in [6, 6.07) is 0.779. The Bertz CT molecular complexity index is 240. The summed E-state index contributed by atoms with van der Waals surface area (Å²) in [5, 5.41) is 3.53. The second-order valence-electron chi connectivity index (χ2n) is 5.79. The first-order chi connectivity index (χ1) is 7.41. The van der Waals surface area contributed by atoms with Crippen LogP contribution in [0.5, 0.6) is 0 Å². The highest BCUT2D eigenvalue weighted by atomic mass is 16.1. The molecule has 0 aromatic carbocycles. The van der Waals surface area contributed by atoms with Crippen molar-refractivity contribution >= 4 is 5.91 Å². The van der Waals surface area contributed by atoms with E-state index in [0.29, 0.717) is 17.9 Å². The summed E-state index contributed by atoms with van der Waals surface area (Å²) in [7, 11) is 0. The molecule has 1 saturated heterocycles. The van der Waals surface area contributed by atoms with E-state index in [9.17, 15) is 4.79 Å². The molecule has 1 heterocycles. The van der Waals surface area contributed by atoms with E-state index in [1.807, 2.05) is 0 Å². The van der Waals surface area contributed by atoms with Gasteiger partial charge in [0.2, 0.25) is 5.91 Å².